The van der Waals surface area contributed by atoms with E-state index in [1.54, 1.807) is 0 Å². The molecular formula is C17H21N. The van der Waals surface area contributed by atoms with Crippen molar-refractivity contribution in [2.24, 2.45) is 4.99 Å². The van der Waals surface area contributed by atoms with Crippen LogP contribution >= 0.6 is 0 Å². The third kappa shape index (κ3) is 4.33. The highest BCUT2D eigenvalue weighted by Gasteiger charge is 2.06. The van der Waals surface area contributed by atoms with Gasteiger partial charge in [-0.25, -0.2) is 0 Å². The molecule has 0 aromatic carbocycles. The second kappa shape index (κ2) is 7.65. The molecule has 0 radical (unpaired) electrons. The van der Waals surface area contributed by atoms with Crippen molar-refractivity contribution in [2.45, 2.75) is 38.5 Å². The minimum Gasteiger partial charge on any atom is -0.261 e. The minimum atomic E-state index is 1.09. The van der Waals surface area contributed by atoms with Gasteiger partial charge in [0.2, 0.25) is 0 Å². The second-order valence-corrected chi connectivity index (χ2v) is 4.63. The lowest BCUT2D eigenvalue weighted by Crippen LogP contribution is -2.03. The fourth-order valence-corrected chi connectivity index (χ4v) is 2.20. The van der Waals surface area contributed by atoms with E-state index in [1.165, 1.54) is 24.1 Å². The number of allylic oxidation sites excluding steroid dienone is 9. The number of nitrogens with zero attached hydrogens (tertiary/aromatic N) is 1. The Labute approximate surface area is 110 Å². The molecule has 2 aliphatic rings. The topological polar surface area (TPSA) is 12.4 Å². The standard InChI is InChI=1S/C17H21N/c1-2-5-9-13-16(12-8-4-1)17-14-10-6-3-7-11-15-18-17/h1-4,7-8,11-12,15H,5-6,9-10,13-14H2/b2-1-,7-3-,8-4-,15-11-,16-12+,18-17+. The van der Waals surface area contributed by atoms with Crippen LogP contribution in [0.3, 0.4) is 0 Å². The molecule has 0 fully saturated rings. The summed E-state index contributed by atoms with van der Waals surface area (Å²) in [7, 11) is 0. The van der Waals surface area contributed by atoms with E-state index in [0.717, 1.165) is 25.7 Å². The van der Waals surface area contributed by atoms with Crippen LogP contribution in [-0.2, 0) is 0 Å². The van der Waals surface area contributed by atoms with Gasteiger partial charge < -0.3 is 0 Å². The molecule has 0 unspecified atom stereocenters. The van der Waals surface area contributed by atoms with Gasteiger partial charge in [0, 0.05) is 11.9 Å². The molecule has 0 spiro atoms. The Morgan fingerprint density at radius 1 is 0.778 bits per heavy atom. The summed E-state index contributed by atoms with van der Waals surface area (Å²) >= 11 is 0. The molecule has 0 saturated carbocycles. The Morgan fingerprint density at radius 2 is 1.56 bits per heavy atom. The van der Waals surface area contributed by atoms with Crippen LogP contribution in [0.4, 0.5) is 0 Å². The molecular weight excluding hydrogens is 218 g/mol. The monoisotopic (exact) mass is 239 g/mol. The minimum absolute atomic E-state index is 1.09. The Kier molecular flexibility index (Phi) is 5.45. The van der Waals surface area contributed by atoms with E-state index in [2.05, 4.69) is 47.5 Å². The van der Waals surface area contributed by atoms with Crippen LogP contribution < -0.4 is 0 Å². The van der Waals surface area contributed by atoms with Gasteiger partial charge in [0.15, 0.2) is 0 Å². The average Bonchev–Trinajstić information content (AvgIpc) is 2.61. The van der Waals surface area contributed by atoms with Gasteiger partial charge >= 0.3 is 0 Å². The average molecular weight is 239 g/mol. The summed E-state index contributed by atoms with van der Waals surface area (Å²) in [6, 6.07) is 0. The van der Waals surface area contributed by atoms with Crippen LogP contribution in [0.5, 0.6) is 0 Å². The Bertz CT molecular complexity index is 389. The molecule has 0 atom stereocenters. The zero-order valence-corrected chi connectivity index (χ0v) is 10.9. The molecule has 1 nitrogen and oxygen atoms in total. The summed E-state index contributed by atoms with van der Waals surface area (Å²) in [5.41, 5.74) is 2.67. The number of hydrogen-bond donors (Lipinski definition) is 0. The first-order valence-corrected chi connectivity index (χ1v) is 6.88. The molecule has 0 N–H and O–H groups in total. The molecule has 0 saturated heterocycles. The largest absolute Gasteiger partial charge is 0.261 e. The van der Waals surface area contributed by atoms with E-state index in [-0.39, 0.29) is 0 Å². The first kappa shape index (κ1) is 12.8. The fourth-order valence-electron chi connectivity index (χ4n) is 2.20. The molecule has 18 heavy (non-hydrogen) atoms. The van der Waals surface area contributed by atoms with E-state index in [0.29, 0.717) is 0 Å². The van der Waals surface area contributed by atoms with E-state index < -0.39 is 0 Å². The highest BCUT2D eigenvalue weighted by molar-refractivity contribution is 6.00. The van der Waals surface area contributed by atoms with E-state index in [9.17, 15) is 0 Å². The lowest BCUT2D eigenvalue weighted by Gasteiger charge is -2.09. The summed E-state index contributed by atoms with van der Waals surface area (Å²) in [4.78, 5) is 4.63. The molecule has 0 bridgehead atoms. The van der Waals surface area contributed by atoms with Crippen molar-refractivity contribution in [3.63, 3.8) is 0 Å². The van der Waals surface area contributed by atoms with E-state index in [4.69, 9.17) is 0 Å². The molecule has 1 aliphatic carbocycles. The number of rotatable bonds is 1. The predicted molar refractivity (Wildman–Crippen MR) is 79.8 cm³/mol. The van der Waals surface area contributed by atoms with Gasteiger partial charge in [-0.1, -0.05) is 42.5 Å². The zero-order chi connectivity index (χ0) is 12.5. The molecule has 0 amide bonds. The van der Waals surface area contributed by atoms with Crippen LogP contribution in [0.2, 0.25) is 0 Å². The van der Waals surface area contributed by atoms with Gasteiger partial charge in [-0.05, 0) is 50.2 Å². The Hall–Kier alpha value is -1.63. The summed E-state index contributed by atoms with van der Waals surface area (Å²) < 4.78 is 0. The maximum Gasteiger partial charge on any atom is 0.0435 e. The lowest BCUT2D eigenvalue weighted by molar-refractivity contribution is 0.838. The van der Waals surface area contributed by atoms with Crippen molar-refractivity contribution in [2.75, 3.05) is 0 Å². The third-order valence-corrected chi connectivity index (χ3v) is 3.19. The molecule has 1 heterocycles. The van der Waals surface area contributed by atoms with Gasteiger partial charge in [0.25, 0.3) is 0 Å². The first-order chi connectivity index (χ1) is 8.97. The summed E-state index contributed by atoms with van der Waals surface area (Å²) in [6.07, 6.45) is 26.0. The highest BCUT2D eigenvalue weighted by atomic mass is 14.7. The summed E-state index contributed by atoms with van der Waals surface area (Å²) in [5.74, 6) is 0. The highest BCUT2D eigenvalue weighted by Crippen LogP contribution is 2.17. The second-order valence-electron chi connectivity index (χ2n) is 4.63. The maximum atomic E-state index is 4.63. The van der Waals surface area contributed by atoms with Crippen LogP contribution in [-0.4, -0.2) is 5.71 Å². The molecule has 94 valence electrons. The van der Waals surface area contributed by atoms with Crippen LogP contribution in [0, 0.1) is 0 Å². The van der Waals surface area contributed by atoms with E-state index in [1.807, 2.05) is 12.3 Å². The van der Waals surface area contributed by atoms with Crippen molar-refractivity contribution >= 4 is 5.71 Å². The van der Waals surface area contributed by atoms with E-state index >= 15 is 0 Å². The first-order valence-electron chi connectivity index (χ1n) is 6.88. The summed E-state index contributed by atoms with van der Waals surface area (Å²) in [5, 5.41) is 0. The van der Waals surface area contributed by atoms with Crippen molar-refractivity contribution in [3.05, 3.63) is 60.4 Å². The third-order valence-electron chi connectivity index (χ3n) is 3.19. The smallest absolute Gasteiger partial charge is 0.0435 e. The van der Waals surface area contributed by atoms with Crippen LogP contribution in [0.15, 0.2) is 65.4 Å². The van der Waals surface area contributed by atoms with Crippen molar-refractivity contribution in [1.82, 2.24) is 0 Å². The Morgan fingerprint density at radius 3 is 2.44 bits per heavy atom. The molecule has 1 aliphatic heterocycles. The fraction of sp³-hybridized carbons (Fsp3) is 0.353. The Balaban J connectivity index is 2.16. The number of hydrogen-bond acceptors (Lipinski definition) is 1. The normalized spacial score (nSPS) is 33.8. The molecule has 0 aromatic rings. The van der Waals surface area contributed by atoms with Gasteiger partial charge in [0.1, 0.15) is 0 Å². The van der Waals surface area contributed by atoms with Gasteiger partial charge in [-0.2, -0.15) is 0 Å². The maximum absolute atomic E-state index is 4.63. The van der Waals surface area contributed by atoms with Gasteiger partial charge in [-0.3, -0.25) is 4.99 Å². The van der Waals surface area contributed by atoms with Crippen molar-refractivity contribution in [3.8, 4) is 0 Å². The predicted octanol–water partition coefficient (Wildman–Crippen LogP) is 4.90. The van der Waals surface area contributed by atoms with Gasteiger partial charge in [0.05, 0.1) is 0 Å². The number of aliphatic imine (C=N–C) groups is 1. The summed E-state index contributed by atoms with van der Waals surface area (Å²) in [6.45, 7) is 0. The quantitative estimate of drug-likeness (QED) is 0.617. The lowest BCUT2D eigenvalue weighted by atomic mass is 9.99. The van der Waals surface area contributed by atoms with Crippen LogP contribution in [0.1, 0.15) is 38.5 Å². The van der Waals surface area contributed by atoms with Gasteiger partial charge in [-0.15, -0.1) is 0 Å². The molecule has 0 aromatic heterocycles. The van der Waals surface area contributed by atoms with Crippen LogP contribution in [0.25, 0.3) is 0 Å². The molecule has 2 rings (SSSR count). The zero-order valence-electron chi connectivity index (χ0n) is 10.9. The SMILES string of the molecule is C1=C\C=C(\C2=N\C=C/C=C\CCC2)CCC\C=C/1. The molecule has 1 heteroatoms. The van der Waals surface area contributed by atoms with Crippen molar-refractivity contribution < 1.29 is 0 Å². The van der Waals surface area contributed by atoms with Crippen molar-refractivity contribution in [1.29, 1.82) is 0 Å².